The number of hydrogen-bond donors (Lipinski definition) is 1. The number of halogens is 1. The first-order chi connectivity index (χ1) is 8.70. The van der Waals surface area contributed by atoms with Gasteiger partial charge in [0.25, 0.3) is 0 Å². The highest BCUT2D eigenvalue weighted by Crippen LogP contribution is 2.37. The maximum Gasteiger partial charge on any atom is 0.157 e. The van der Waals surface area contributed by atoms with Crippen LogP contribution in [0.2, 0.25) is 5.02 Å². The molecule has 1 atom stereocenters. The predicted molar refractivity (Wildman–Crippen MR) is 74.8 cm³/mol. The van der Waals surface area contributed by atoms with Crippen LogP contribution in [0.15, 0.2) is 36.9 Å². The molecular weight excluding hydrogens is 246 g/mol. The Morgan fingerprint density at radius 2 is 2.17 bits per heavy atom. The van der Waals surface area contributed by atoms with Gasteiger partial charge >= 0.3 is 0 Å². The van der Waals surface area contributed by atoms with Crippen molar-refractivity contribution in [1.82, 2.24) is 5.32 Å². The van der Waals surface area contributed by atoms with Crippen molar-refractivity contribution in [3.63, 3.8) is 0 Å². The summed E-state index contributed by atoms with van der Waals surface area (Å²) in [5, 5.41) is 4.00. The van der Waals surface area contributed by atoms with Crippen LogP contribution in [0.1, 0.15) is 31.2 Å². The average molecular weight is 264 g/mol. The van der Waals surface area contributed by atoms with Crippen molar-refractivity contribution in [3.05, 3.63) is 47.5 Å². The van der Waals surface area contributed by atoms with Gasteiger partial charge in [-0.1, -0.05) is 42.3 Å². The normalized spacial score (nSPS) is 23.9. The minimum atomic E-state index is -0.620. The first kappa shape index (κ1) is 13.3. The molecule has 1 unspecified atom stereocenters. The van der Waals surface area contributed by atoms with Crippen molar-refractivity contribution in [2.45, 2.75) is 31.2 Å². The zero-order valence-corrected chi connectivity index (χ0v) is 11.2. The van der Waals surface area contributed by atoms with Gasteiger partial charge in [0.2, 0.25) is 0 Å². The van der Waals surface area contributed by atoms with Crippen LogP contribution < -0.4 is 5.32 Å². The molecule has 0 amide bonds. The van der Waals surface area contributed by atoms with E-state index >= 15 is 0 Å². The number of Topliss-reactive ketones (excluding diaryl/α,β-unsaturated/α-hetero) is 1. The molecule has 1 fully saturated rings. The Morgan fingerprint density at radius 1 is 1.39 bits per heavy atom. The van der Waals surface area contributed by atoms with Gasteiger partial charge in [0.15, 0.2) is 5.78 Å². The van der Waals surface area contributed by atoms with Crippen molar-refractivity contribution in [2.75, 3.05) is 6.54 Å². The standard InChI is InChI=1S/C15H18ClNO/c1-2-11-17-15(10-6-5-9-14(15)18)12-7-3-4-8-13(12)16/h2-4,7-8,17H,1,5-6,9-11H2. The molecule has 2 nitrogen and oxygen atoms in total. The van der Waals surface area contributed by atoms with Crippen LogP contribution in [0.3, 0.4) is 0 Å². The third kappa shape index (κ3) is 2.36. The predicted octanol–water partition coefficient (Wildman–Crippen LogP) is 3.45. The quantitative estimate of drug-likeness (QED) is 0.843. The minimum absolute atomic E-state index is 0.240. The Bertz CT molecular complexity index is 458. The summed E-state index contributed by atoms with van der Waals surface area (Å²) in [5.41, 5.74) is 0.281. The lowest BCUT2D eigenvalue weighted by Gasteiger charge is -2.37. The van der Waals surface area contributed by atoms with Gasteiger partial charge in [0.05, 0.1) is 0 Å². The van der Waals surface area contributed by atoms with Crippen molar-refractivity contribution < 1.29 is 4.79 Å². The smallest absolute Gasteiger partial charge is 0.157 e. The lowest BCUT2D eigenvalue weighted by atomic mass is 9.75. The van der Waals surface area contributed by atoms with E-state index in [0.29, 0.717) is 18.0 Å². The van der Waals surface area contributed by atoms with Crippen LogP contribution in [0.25, 0.3) is 0 Å². The second kappa shape index (κ2) is 5.68. The first-order valence-electron chi connectivity index (χ1n) is 6.35. The third-order valence-electron chi connectivity index (χ3n) is 3.56. The van der Waals surface area contributed by atoms with E-state index < -0.39 is 5.54 Å². The number of rotatable bonds is 4. The number of carbonyl (C=O) groups is 1. The molecular formula is C15H18ClNO. The van der Waals surface area contributed by atoms with Crippen molar-refractivity contribution >= 4 is 17.4 Å². The Morgan fingerprint density at radius 3 is 2.83 bits per heavy atom. The maximum atomic E-state index is 12.4. The molecule has 0 spiro atoms. The molecule has 0 aliphatic heterocycles. The highest BCUT2D eigenvalue weighted by atomic mass is 35.5. The summed E-state index contributed by atoms with van der Waals surface area (Å²) in [6, 6.07) is 7.61. The first-order valence-corrected chi connectivity index (χ1v) is 6.73. The second-order valence-corrected chi connectivity index (χ2v) is 5.09. The van der Waals surface area contributed by atoms with Gasteiger partial charge in [0.1, 0.15) is 5.54 Å². The lowest BCUT2D eigenvalue weighted by molar-refractivity contribution is -0.127. The van der Waals surface area contributed by atoms with Crippen LogP contribution in [-0.4, -0.2) is 12.3 Å². The molecule has 2 rings (SSSR count). The van der Waals surface area contributed by atoms with Crippen molar-refractivity contribution in [1.29, 1.82) is 0 Å². The molecule has 1 aliphatic rings. The average Bonchev–Trinajstić information content (AvgIpc) is 2.39. The number of benzene rings is 1. The van der Waals surface area contributed by atoms with Gasteiger partial charge in [0, 0.05) is 18.0 Å². The third-order valence-corrected chi connectivity index (χ3v) is 3.89. The molecule has 1 aliphatic carbocycles. The summed E-state index contributed by atoms with van der Waals surface area (Å²) < 4.78 is 0. The lowest BCUT2D eigenvalue weighted by Crippen LogP contribution is -2.51. The SMILES string of the molecule is C=CCNC1(c2ccccc2Cl)CCCCC1=O. The Labute approximate surface area is 113 Å². The van der Waals surface area contributed by atoms with Gasteiger partial charge < -0.3 is 0 Å². The van der Waals surface area contributed by atoms with Gasteiger partial charge in [-0.05, 0) is 24.5 Å². The molecule has 0 heterocycles. The monoisotopic (exact) mass is 263 g/mol. The number of nitrogens with one attached hydrogen (secondary N) is 1. The summed E-state index contributed by atoms with van der Waals surface area (Å²) in [6.45, 7) is 4.32. The molecule has 0 radical (unpaired) electrons. The molecule has 0 aromatic heterocycles. The summed E-state index contributed by atoms with van der Waals surface area (Å²) in [4.78, 5) is 12.4. The molecule has 1 N–H and O–H groups in total. The van der Waals surface area contributed by atoms with Gasteiger partial charge in [-0.25, -0.2) is 0 Å². The van der Waals surface area contributed by atoms with Crippen LogP contribution in [0, 0.1) is 0 Å². The van der Waals surface area contributed by atoms with Crippen molar-refractivity contribution in [2.24, 2.45) is 0 Å². The van der Waals surface area contributed by atoms with E-state index in [9.17, 15) is 4.79 Å². The van der Waals surface area contributed by atoms with E-state index in [4.69, 9.17) is 11.6 Å². The fraction of sp³-hybridized carbons (Fsp3) is 0.400. The summed E-state index contributed by atoms with van der Waals surface area (Å²) in [7, 11) is 0. The van der Waals surface area contributed by atoms with Gasteiger partial charge in [-0.3, -0.25) is 10.1 Å². The Kier molecular flexibility index (Phi) is 4.20. The zero-order valence-electron chi connectivity index (χ0n) is 10.4. The van der Waals surface area contributed by atoms with Crippen LogP contribution in [0.5, 0.6) is 0 Å². The molecule has 0 saturated heterocycles. The molecule has 18 heavy (non-hydrogen) atoms. The van der Waals surface area contributed by atoms with E-state index in [1.165, 1.54) is 0 Å². The zero-order chi connectivity index (χ0) is 13.0. The summed E-state index contributed by atoms with van der Waals surface area (Å²) in [6.07, 6.45) is 5.22. The fourth-order valence-corrected chi connectivity index (χ4v) is 2.95. The largest absolute Gasteiger partial charge is 0.298 e. The van der Waals surface area contributed by atoms with E-state index in [2.05, 4.69) is 11.9 Å². The number of hydrogen-bond acceptors (Lipinski definition) is 2. The Balaban J connectivity index is 2.44. The van der Waals surface area contributed by atoms with Crippen molar-refractivity contribution in [3.8, 4) is 0 Å². The van der Waals surface area contributed by atoms with Crippen LogP contribution in [0.4, 0.5) is 0 Å². The van der Waals surface area contributed by atoms with Crippen LogP contribution in [-0.2, 0) is 10.3 Å². The van der Waals surface area contributed by atoms with E-state index in [0.717, 1.165) is 24.8 Å². The number of ketones is 1. The maximum absolute atomic E-state index is 12.4. The van der Waals surface area contributed by atoms with Gasteiger partial charge in [-0.2, -0.15) is 0 Å². The minimum Gasteiger partial charge on any atom is -0.298 e. The molecule has 0 bridgehead atoms. The van der Waals surface area contributed by atoms with E-state index in [1.54, 1.807) is 6.08 Å². The van der Waals surface area contributed by atoms with Crippen LogP contribution >= 0.6 is 11.6 Å². The fourth-order valence-electron chi connectivity index (χ4n) is 2.65. The molecule has 96 valence electrons. The summed E-state index contributed by atoms with van der Waals surface area (Å²) in [5.74, 6) is 0.240. The highest BCUT2D eigenvalue weighted by Gasteiger charge is 2.41. The molecule has 1 saturated carbocycles. The molecule has 3 heteroatoms. The van der Waals surface area contributed by atoms with E-state index in [-0.39, 0.29) is 5.78 Å². The topological polar surface area (TPSA) is 29.1 Å². The Hall–Kier alpha value is -1.12. The summed E-state index contributed by atoms with van der Waals surface area (Å²) >= 11 is 6.27. The number of carbonyl (C=O) groups excluding carboxylic acids is 1. The highest BCUT2D eigenvalue weighted by molar-refractivity contribution is 6.31. The molecule has 1 aromatic rings. The van der Waals surface area contributed by atoms with Gasteiger partial charge in [-0.15, -0.1) is 6.58 Å². The van der Waals surface area contributed by atoms with E-state index in [1.807, 2.05) is 24.3 Å². The molecule has 1 aromatic carbocycles. The second-order valence-electron chi connectivity index (χ2n) is 4.69.